The summed E-state index contributed by atoms with van der Waals surface area (Å²) in [7, 11) is 1.81. The van der Waals surface area contributed by atoms with Crippen LogP contribution in [0.25, 0.3) is 0 Å². The van der Waals surface area contributed by atoms with Crippen molar-refractivity contribution in [3.05, 3.63) is 11.9 Å². The van der Waals surface area contributed by atoms with E-state index in [1.807, 2.05) is 18.8 Å². The first-order valence-electron chi connectivity index (χ1n) is 4.39. The predicted octanol–water partition coefficient (Wildman–Crippen LogP) is 0.602. The van der Waals surface area contributed by atoms with Crippen LogP contribution in [0.2, 0.25) is 0 Å². The molecule has 1 fully saturated rings. The van der Waals surface area contributed by atoms with Crippen molar-refractivity contribution < 1.29 is 5.11 Å². The van der Waals surface area contributed by atoms with Gasteiger partial charge in [-0.2, -0.15) is 11.8 Å². The lowest BCUT2D eigenvalue weighted by atomic mass is 10.00. The fourth-order valence-corrected chi connectivity index (χ4v) is 2.90. The highest BCUT2D eigenvalue weighted by Crippen LogP contribution is 2.33. The molecule has 2 rings (SSSR count). The van der Waals surface area contributed by atoms with Crippen LogP contribution < -0.4 is 0 Å². The number of aryl methyl sites for hydroxylation is 1. The van der Waals surface area contributed by atoms with Gasteiger partial charge < -0.3 is 5.11 Å². The van der Waals surface area contributed by atoms with Crippen molar-refractivity contribution in [2.45, 2.75) is 12.5 Å². The van der Waals surface area contributed by atoms with Gasteiger partial charge in [0.2, 0.25) is 0 Å². The van der Waals surface area contributed by atoms with Crippen LogP contribution in [0, 0.1) is 5.92 Å². The van der Waals surface area contributed by atoms with Crippen LogP contribution in [-0.4, -0.2) is 31.6 Å². The summed E-state index contributed by atoms with van der Waals surface area (Å²) >= 11 is 1.90. The van der Waals surface area contributed by atoms with Crippen molar-refractivity contribution in [1.82, 2.24) is 15.0 Å². The maximum Gasteiger partial charge on any atom is 0.101 e. The second-order valence-electron chi connectivity index (χ2n) is 3.35. The van der Waals surface area contributed by atoms with Gasteiger partial charge in [-0.25, -0.2) is 4.68 Å². The molecule has 5 heteroatoms. The molecular weight excluding hydrogens is 186 g/mol. The molecule has 1 aliphatic heterocycles. The molecule has 0 amide bonds. The van der Waals surface area contributed by atoms with Gasteiger partial charge >= 0.3 is 0 Å². The number of nitrogens with zero attached hydrogens (tertiary/aromatic N) is 3. The molecule has 2 unspecified atom stereocenters. The first-order chi connectivity index (χ1) is 6.29. The number of rotatable bonds is 2. The first-order valence-corrected chi connectivity index (χ1v) is 5.55. The molecule has 0 aromatic carbocycles. The van der Waals surface area contributed by atoms with Gasteiger partial charge in [-0.3, -0.25) is 0 Å². The zero-order valence-electron chi connectivity index (χ0n) is 7.55. The number of hydrogen-bond acceptors (Lipinski definition) is 4. The van der Waals surface area contributed by atoms with Gasteiger partial charge in [-0.1, -0.05) is 5.21 Å². The highest BCUT2D eigenvalue weighted by Gasteiger charge is 2.26. The summed E-state index contributed by atoms with van der Waals surface area (Å²) in [6.45, 7) is 0. The quantitative estimate of drug-likeness (QED) is 0.758. The molecule has 0 aliphatic carbocycles. The van der Waals surface area contributed by atoms with Crippen LogP contribution in [0.4, 0.5) is 0 Å². The molecular formula is C8H13N3OS. The fraction of sp³-hybridized carbons (Fsp3) is 0.750. The van der Waals surface area contributed by atoms with Gasteiger partial charge in [0, 0.05) is 13.0 Å². The Kier molecular flexibility index (Phi) is 2.55. The Hall–Kier alpha value is -0.550. The average molecular weight is 199 g/mol. The molecule has 1 N–H and O–H groups in total. The number of thioether (sulfide) groups is 1. The van der Waals surface area contributed by atoms with E-state index in [0.29, 0.717) is 5.92 Å². The summed E-state index contributed by atoms with van der Waals surface area (Å²) in [6.07, 6.45) is 2.35. The zero-order valence-corrected chi connectivity index (χ0v) is 8.37. The summed E-state index contributed by atoms with van der Waals surface area (Å²) in [6, 6.07) is 0. The molecule has 72 valence electrons. The normalized spacial score (nSPS) is 24.9. The maximum atomic E-state index is 9.98. The second-order valence-corrected chi connectivity index (χ2v) is 4.50. The first kappa shape index (κ1) is 9.02. The van der Waals surface area contributed by atoms with Gasteiger partial charge in [0.05, 0.1) is 11.9 Å². The summed E-state index contributed by atoms with van der Waals surface area (Å²) in [5.41, 5.74) is 0.826. The number of aliphatic hydroxyl groups excluding tert-OH is 1. The smallest absolute Gasteiger partial charge is 0.101 e. The van der Waals surface area contributed by atoms with E-state index in [4.69, 9.17) is 0 Å². The number of aliphatic hydroxyl groups is 1. The molecule has 1 aromatic heterocycles. The monoisotopic (exact) mass is 199 g/mol. The molecule has 2 atom stereocenters. The maximum absolute atomic E-state index is 9.98. The highest BCUT2D eigenvalue weighted by molar-refractivity contribution is 7.99. The van der Waals surface area contributed by atoms with E-state index in [1.165, 1.54) is 0 Å². The second kappa shape index (κ2) is 3.67. The molecule has 0 radical (unpaired) electrons. The fourth-order valence-electron chi connectivity index (χ4n) is 1.61. The van der Waals surface area contributed by atoms with E-state index in [1.54, 1.807) is 10.9 Å². The molecule has 4 nitrogen and oxygen atoms in total. The van der Waals surface area contributed by atoms with Gasteiger partial charge in [0.25, 0.3) is 0 Å². The molecule has 13 heavy (non-hydrogen) atoms. The largest absolute Gasteiger partial charge is 0.386 e. The Balaban J connectivity index is 2.12. The van der Waals surface area contributed by atoms with E-state index in [-0.39, 0.29) is 0 Å². The van der Waals surface area contributed by atoms with Gasteiger partial charge in [0.15, 0.2) is 0 Å². The summed E-state index contributed by atoms with van der Waals surface area (Å²) in [5.74, 6) is 2.58. The average Bonchev–Trinajstić information content (AvgIpc) is 2.72. The summed E-state index contributed by atoms with van der Waals surface area (Å²) in [5, 5.41) is 17.5. The lowest BCUT2D eigenvalue weighted by Gasteiger charge is -2.15. The Bertz CT molecular complexity index is 283. The third-order valence-electron chi connectivity index (χ3n) is 2.46. The van der Waals surface area contributed by atoms with Crippen LogP contribution >= 0.6 is 11.8 Å². The van der Waals surface area contributed by atoms with E-state index in [0.717, 1.165) is 23.6 Å². The van der Waals surface area contributed by atoms with Crippen molar-refractivity contribution in [3.63, 3.8) is 0 Å². The Morgan fingerprint density at radius 3 is 3.15 bits per heavy atom. The Morgan fingerprint density at radius 2 is 2.62 bits per heavy atom. The Labute approximate surface area is 81.3 Å². The van der Waals surface area contributed by atoms with Crippen molar-refractivity contribution in [1.29, 1.82) is 0 Å². The molecule has 0 saturated carbocycles. The van der Waals surface area contributed by atoms with Crippen molar-refractivity contribution in [3.8, 4) is 0 Å². The van der Waals surface area contributed by atoms with Crippen LogP contribution in [0.3, 0.4) is 0 Å². The third kappa shape index (κ3) is 1.71. The molecule has 1 aromatic rings. The molecule has 0 spiro atoms. The molecule has 1 saturated heterocycles. The molecule has 0 bridgehead atoms. The van der Waals surface area contributed by atoms with E-state index >= 15 is 0 Å². The van der Waals surface area contributed by atoms with Crippen LogP contribution in [0.15, 0.2) is 6.20 Å². The molecule has 2 heterocycles. The van der Waals surface area contributed by atoms with Gasteiger partial charge in [-0.05, 0) is 17.9 Å². The molecule has 1 aliphatic rings. The summed E-state index contributed by atoms with van der Waals surface area (Å²) < 4.78 is 1.65. The topological polar surface area (TPSA) is 50.9 Å². The summed E-state index contributed by atoms with van der Waals surface area (Å²) in [4.78, 5) is 0. The SMILES string of the molecule is Cn1nncc1C(O)C1CCSC1. The van der Waals surface area contributed by atoms with E-state index in [9.17, 15) is 5.11 Å². The lowest BCUT2D eigenvalue weighted by Crippen LogP contribution is -2.15. The highest BCUT2D eigenvalue weighted by atomic mass is 32.2. The van der Waals surface area contributed by atoms with Crippen LogP contribution in [0.5, 0.6) is 0 Å². The van der Waals surface area contributed by atoms with Gasteiger partial charge in [-0.15, -0.1) is 5.10 Å². The minimum Gasteiger partial charge on any atom is -0.386 e. The van der Waals surface area contributed by atoms with Gasteiger partial charge in [0.1, 0.15) is 6.10 Å². The Morgan fingerprint density at radius 1 is 1.77 bits per heavy atom. The van der Waals surface area contributed by atoms with Crippen molar-refractivity contribution in [2.24, 2.45) is 13.0 Å². The number of hydrogen-bond donors (Lipinski definition) is 1. The van der Waals surface area contributed by atoms with Crippen molar-refractivity contribution >= 4 is 11.8 Å². The predicted molar refractivity (Wildman–Crippen MR) is 51.4 cm³/mol. The number of aromatic nitrogens is 3. The van der Waals surface area contributed by atoms with E-state index < -0.39 is 6.10 Å². The van der Waals surface area contributed by atoms with Crippen LogP contribution in [-0.2, 0) is 7.05 Å². The van der Waals surface area contributed by atoms with Crippen LogP contribution in [0.1, 0.15) is 18.2 Å². The standard InChI is InChI=1S/C8H13N3OS/c1-11-7(4-9-10-11)8(12)6-2-3-13-5-6/h4,6,8,12H,2-3,5H2,1H3. The minimum atomic E-state index is -0.394. The van der Waals surface area contributed by atoms with E-state index in [2.05, 4.69) is 10.3 Å². The third-order valence-corrected chi connectivity index (χ3v) is 3.65. The lowest BCUT2D eigenvalue weighted by molar-refractivity contribution is 0.113. The van der Waals surface area contributed by atoms with Crippen molar-refractivity contribution in [2.75, 3.05) is 11.5 Å². The minimum absolute atomic E-state index is 0.377. The zero-order chi connectivity index (χ0) is 9.26.